The number of halogens is 1. The molecule has 57 heavy (non-hydrogen) atoms. The first-order valence-electron chi connectivity index (χ1n) is 21.0. The van der Waals surface area contributed by atoms with E-state index >= 15 is 0 Å². The molecule has 6 aliphatic rings. The van der Waals surface area contributed by atoms with E-state index in [1.54, 1.807) is 6.07 Å². The Morgan fingerprint density at radius 3 is 2.40 bits per heavy atom. The zero-order valence-electron chi connectivity index (χ0n) is 32.5. The highest BCUT2D eigenvalue weighted by atomic mass is 32.2. The molecule has 2 aliphatic heterocycles. The number of sulfonamides is 1. The van der Waals surface area contributed by atoms with Crippen molar-refractivity contribution in [2.45, 2.75) is 151 Å². The number of hydrogen-bond acceptors (Lipinski definition) is 9. The maximum absolute atomic E-state index is 14.9. The smallest absolute Gasteiger partial charge is 0.408 e. The number of carbonyl (C=O) groups excluding carboxylic acids is 4. The van der Waals surface area contributed by atoms with Crippen molar-refractivity contribution in [1.82, 2.24) is 24.8 Å². The zero-order chi connectivity index (χ0) is 40.1. The number of hydrogen-bond donors (Lipinski definition) is 3. The molecule has 16 heteroatoms. The fraction of sp³-hybridized carbons (Fsp3) is 0.683. The maximum atomic E-state index is 14.9. The predicted octanol–water partition coefficient (Wildman–Crippen LogP) is 4.41. The van der Waals surface area contributed by atoms with Gasteiger partial charge in [-0.1, -0.05) is 45.1 Å². The number of ether oxygens (including phenoxy) is 2. The van der Waals surface area contributed by atoms with Crippen LogP contribution in [0.25, 0.3) is 10.8 Å². The lowest BCUT2D eigenvalue weighted by molar-refractivity contribution is -0.142. The molecule has 2 aromatic rings. The van der Waals surface area contributed by atoms with Crippen molar-refractivity contribution in [3.8, 4) is 5.88 Å². The lowest BCUT2D eigenvalue weighted by Gasteiger charge is -2.32. The van der Waals surface area contributed by atoms with E-state index in [9.17, 15) is 36.8 Å². The van der Waals surface area contributed by atoms with Gasteiger partial charge in [-0.05, 0) is 99.5 Å². The van der Waals surface area contributed by atoms with E-state index in [0.717, 1.165) is 51.4 Å². The number of amides is 4. The van der Waals surface area contributed by atoms with Gasteiger partial charge in [-0.2, -0.15) is 0 Å². The lowest BCUT2D eigenvalue weighted by Crippen LogP contribution is -2.59. The number of pyridine rings is 1. The van der Waals surface area contributed by atoms with E-state index in [4.69, 9.17) is 9.47 Å². The van der Waals surface area contributed by atoms with Crippen molar-refractivity contribution in [2.75, 3.05) is 6.54 Å². The average molecular weight is 812 g/mol. The first kappa shape index (κ1) is 39.6. The van der Waals surface area contributed by atoms with Crippen molar-refractivity contribution in [3.63, 3.8) is 0 Å². The number of nitrogens with zero attached hydrogens (tertiary/aromatic N) is 2. The fourth-order valence-corrected chi connectivity index (χ4v) is 11.3. The van der Waals surface area contributed by atoms with Crippen molar-refractivity contribution < 1.29 is 41.5 Å². The summed E-state index contributed by atoms with van der Waals surface area (Å²) in [4.78, 5) is 71.9. The largest absolute Gasteiger partial charge is 0.473 e. The molecule has 1 aromatic carbocycles. The number of carbonyl (C=O) groups is 4. The van der Waals surface area contributed by atoms with E-state index in [-0.39, 0.29) is 54.5 Å². The fourth-order valence-electron chi connectivity index (χ4n) is 9.94. The third-order valence-electron chi connectivity index (χ3n) is 13.4. The minimum atomic E-state index is -3.89. The molecular weight excluding hydrogens is 758 g/mol. The highest BCUT2D eigenvalue weighted by Gasteiger charge is 2.62. The molecule has 4 amide bonds. The maximum Gasteiger partial charge on any atom is 0.408 e. The molecular formula is C41H54FN5O9S. The van der Waals surface area contributed by atoms with Gasteiger partial charge in [0.05, 0.1) is 17.2 Å². The minimum absolute atomic E-state index is 0.00628. The number of nitrogens with one attached hydrogen (secondary N) is 3. The normalized spacial score (nSPS) is 31.3. The van der Waals surface area contributed by atoms with Crippen LogP contribution in [0.5, 0.6) is 5.88 Å². The number of fused-ring (bicyclic) bond motifs is 5. The van der Waals surface area contributed by atoms with Gasteiger partial charge in [0.25, 0.3) is 11.5 Å². The Morgan fingerprint density at radius 2 is 1.67 bits per heavy atom. The summed E-state index contributed by atoms with van der Waals surface area (Å²) in [5.41, 5.74) is -1.87. The molecule has 8 rings (SSSR count). The van der Waals surface area contributed by atoms with Gasteiger partial charge in [-0.25, -0.2) is 17.6 Å². The van der Waals surface area contributed by atoms with Gasteiger partial charge < -0.3 is 25.0 Å². The molecule has 4 saturated carbocycles. The summed E-state index contributed by atoms with van der Waals surface area (Å²) in [6.07, 6.45) is 8.85. The Hall–Kier alpha value is -4.21. The van der Waals surface area contributed by atoms with Crippen LogP contribution < -0.4 is 25.7 Å². The average Bonchev–Trinajstić information content (AvgIpc) is 3.97. The van der Waals surface area contributed by atoms with Crippen LogP contribution in [0.2, 0.25) is 0 Å². The number of benzene rings is 1. The second kappa shape index (κ2) is 15.9. The second-order valence-corrected chi connectivity index (χ2v) is 19.2. The zero-order valence-corrected chi connectivity index (χ0v) is 33.3. The van der Waals surface area contributed by atoms with Crippen LogP contribution in [0.15, 0.2) is 29.1 Å². The summed E-state index contributed by atoms with van der Waals surface area (Å²) in [6, 6.07) is 3.57. The standard InChI is InChI=1S/C41H54FN5O9S/c1-2-27-22-41(27,39(51)45-57(53,54)30-16-17-30)44-36(48)32-21-29-23-47(32)38(50)35(25-10-5-6-11-25)43-40(52)56-33-13-8-12-24(33)9-4-3-7-18-46-34(55-29)19-26-14-15-28(42)20-31(26)37(46)49/h14-15,19-20,24-25,27,29-30,32-33,35H,2-13,16-18,21-23H2,1H3,(H,43,52)(H,44,48)(H,45,51)/t24-,27-,29-,32+,33-,35+,41-/m1/s1. The van der Waals surface area contributed by atoms with Gasteiger partial charge in [0.15, 0.2) is 5.88 Å². The van der Waals surface area contributed by atoms with Gasteiger partial charge in [0.1, 0.15) is 35.6 Å². The number of aromatic nitrogens is 1. The molecule has 4 aliphatic carbocycles. The monoisotopic (exact) mass is 811 g/mol. The van der Waals surface area contributed by atoms with E-state index in [1.807, 2.05) is 6.92 Å². The highest BCUT2D eigenvalue weighted by Crippen LogP contribution is 2.47. The van der Waals surface area contributed by atoms with Gasteiger partial charge in [0.2, 0.25) is 21.8 Å². The Labute approximate surface area is 332 Å². The predicted molar refractivity (Wildman–Crippen MR) is 207 cm³/mol. The van der Waals surface area contributed by atoms with E-state index in [0.29, 0.717) is 50.5 Å². The first-order valence-corrected chi connectivity index (χ1v) is 22.6. The number of alkyl carbamates (subject to hydrolysis) is 1. The molecule has 3 heterocycles. The third-order valence-corrected chi connectivity index (χ3v) is 15.3. The molecule has 0 unspecified atom stereocenters. The van der Waals surface area contributed by atoms with E-state index in [2.05, 4.69) is 15.4 Å². The Bertz CT molecular complexity index is 2090. The van der Waals surface area contributed by atoms with Gasteiger partial charge in [0, 0.05) is 19.0 Å². The third kappa shape index (κ3) is 8.11. The Balaban J connectivity index is 1.14. The van der Waals surface area contributed by atoms with Crippen LogP contribution in [0.1, 0.15) is 110 Å². The van der Waals surface area contributed by atoms with Crippen molar-refractivity contribution >= 4 is 44.6 Å². The summed E-state index contributed by atoms with van der Waals surface area (Å²) >= 11 is 0. The lowest BCUT2D eigenvalue weighted by atomic mass is 9.96. The van der Waals surface area contributed by atoms with E-state index in [1.165, 1.54) is 27.7 Å². The van der Waals surface area contributed by atoms with Gasteiger partial charge in [-0.15, -0.1) is 0 Å². The SMILES string of the molecule is CC[C@@H]1C[C@]1(NC(=O)[C@@H]1C[C@@H]2CN1C(=O)[C@H](C1CCCC1)NC(=O)O[C@@H]1CCC[C@H]1CCCCCn1c(cc3ccc(F)cc3c1=O)O2)C(=O)NS(=O)(=O)C1CC1. The van der Waals surface area contributed by atoms with Crippen LogP contribution in [-0.2, 0) is 35.7 Å². The molecule has 310 valence electrons. The molecule has 1 saturated heterocycles. The summed E-state index contributed by atoms with van der Waals surface area (Å²) < 4.78 is 56.3. The molecule has 14 nitrogen and oxygen atoms in total. The Kier molecular flexibility index (Phi) is 11.0. The molecule has 0 radical (unpaired) electrons. The summed E-state index contributed by atoms with van der Waals surface area (Å²) in [5, 5.41) is 5.87. The quantitative estimate of drug-likeness (QED) is 0.365. The first-order chi connectivity index (χ1) is 27.4. The van der Waals surface area contributed by atoms with Crippen LogP contribution in [0.4, 0.5) is 9.18 Å². The topological polar surface area (TPSA) is 182 Å². The molecule has 0 spiro atoms. The van der Waals surface area contributed by atoms with E-state index < -0.39 is 74.2 Å². The molecule has 5 fully saturated rings. The van der Waals surface area contributed by atoms with Crippen molar-refractivity contribution in [2.24, 2.45) is 17.8 Å². The van der Waals surface area contributed by atoms with Crippen molar-refractivity contribution in [3.05, 3.63) is 40.4 Å². The molecule has 3 N–H and O–H groups in total. The van der Waals surface area contributed by atoms with Crippen LogP contribution >= 0.6 is 0 Å². The molecule has 1 aromatic heterocycles. The number of rotatable bonds is 7. The second-order valence-electron chi connectivity index (χ2n) is 17.2. The summed E-state index contributed by atoms with van der Waals surface area (Å²) in [7, 11) is -3.89. The Morgan fingerprint density at radius 1 is 0.930 bits per heavy atom. The summed E-state index contributed by atoms with van der Waals surface area (Å²) in [5.74, 6) is -2.52. The molecule has 7 atom stereocenters. The summed E-state index contributed by atoms with van der Waals surface area (Å²) in [6.45, 7) is 2.10. The van der Waals surface area contributed by atoms with Crippen LogP contribution in [0, 0.1) is 23.6 Å². The van der Waals surface area contributed by atoms with Crippen molar-refractivity contribution in [1.29, 1.82) is 0 Å². The van der Waals surface area contributed by atoms with Crippen LogP contribution in [-0.4, -0.2) is 83.3 Å². The molecule has 2 bridgehead atoms. The highest BCUT2D eigenvalue weighted by molar-refractivity contribution is 7.91. The minimum Gasteiger partial charge on any atom is -0.473 e. The van der Waals surface area contributed by atoms with Gasteiger partial charge in [-0.3, -0.25) is 28.5 Å². The van der Waals surface area contributed by atoms with Crippen LogP contribution in [0.3, 0.4) is 0 Å². The van der Waals surface area contributed by atoms with Gasteiger partial charge >= 0.3 is 6.09 Å².